The van der Waals surface area contributed by atoms with Crippen molar-refractivity contribution in [2.24, 2.45) is 5.14 Å². The zero-order valence-corrected chi connectivity index (χ0v) is 13.1. The maximum absolute atomic E-state index is 11.0. The maximum Gasteiger partial charge on any atom is 0.210 e. The van der Waals surface area contributed by atoms with Crippen LogP contribution in [0, 0.1) is 0 Å². The number of rotatable bonds is 4. The topological polar surface area (TPSA) is 92.4 Å². The fourth-order valence-corrected chi connectivity index (χ4v) is 3.82. The summed E-state index contributed by atoms with van der Waals surface area (Å²) < 4.78 is 23.1. The second-order valence-corrected chi connectivity index (χ2v) is 7.68. The molecule has 114 valence electrons. The first-order valence-electron chi connectivity index (χ1n) is 6.69. The number of piperazine rings is 1. The largest absolute Gasteiger partial charge is 0.353 e. The van der Waals surface area contributed by atoms with E-state index in [0.717, 1.165) is 42.2 Å². The second kappa shape index (κ2) is 5.84. The van der Waals surface area contributed by atoms with Gasteiger partial charge in [-0.3, -0.25) is 4.90 Å². The fraction of sp³-hybridized carbons (Fsp3) is 0.500. The van der Waals surface area contributed by atoms with Crippen molar-refractivity contribution >= 4 is 37.4 Å². The van der Waals surface area contributed by atoms with Gasteiger partial charge in [0.05, 0.1) is 16.0 Å². The molecular formula is C12H17N5O2S2. The van der Waals surface area contributed by atoms with Gasteiger partial charge in [0.2, 0.25) is 10.0 Å². The van der Waals surface area contributed by atoms with Crippen molar-refractivity contribution in [3.05, 3.63) is 17.8 Å². The van der Waals surface area contributed by atoms with E-state index in [1.807, 2.05) is 11.4 Å². The van der Waals surface area contributed by atoms with E-state index in [-0.39, 0.29) is 5.75 Å². The first kappa shape index (κ1) is 14.6. The van der Waals surface area contributed by atoms with Crippen LogP contribution in [-0.2, 0) is 10.0 Å². The van der Waals surface area contributed by atoms with Gasteiger partial charge < -0.3 is 4.90 Å². The van der Waals surface area contributed by atoms with E-state index in [4.69, 9.17) is 5.14 Å². The average Bonchev–Trinajstić information content (AvgIpc) is 2.93. The van der Waals surface area contributed by atoms with Gasteiger partial charge >= 0.3 is 0 Å². The van der Waals surface area contributed by atoms with Crippen molar-refractivity contribution in [1.29, 1.82) is 0 Å². The van der Waals surface area contributed by atoms with E-state index < -0.39 is 10.0 Å². The number of hydrogen-bond acceptors (Lipinski definition) is 7. The summed E-state index contributed by atoms with van der Waals surface area (Å²) in [5.74, 6) is 0.983. The molecular weight excluding hydrogens is 310 g/mol. The van der Waals surface area contributed by atoms with Gasteiger partial charge in [-0.25, -0.2) is 23.5 Å². The van der Waals surface area contributed by atoms with E-state index in [1.54, 1.807) is 17.7 Å². The Hall–Kier alpha value is -1.29. The Balaban J connectivity index is 1.65. The number of nitrogens with two attached hydrogens (primary N) is 1. The molecule has 2 aromatic heterocycles. The summed E-state index contributed by atoms with van der Waals surface area (Å²) in [6, 6.07) is 1.99. The average molecular weight is 327 g/mol. The molecule has 0 spiro atoms. The molecule has 1 fully saturated rings. The SMILES string of the molecule is NS(=O)(=O)CCN1CCN(c2ncnc3ccsc23)CC1. The fourth-order valence-electron chi connectivity index (χ4n) is 2.44. The Kier molecular flexibility index (Phi) is 4.07. The zero-order chi connectivity index (χ0) is 14.9. The summed E-state index contributed by atoms with van der Waals surface area (Å²) in [6.07, 6.45) is 1.59. The lowest BCUT2D eigenvalue weighted by Crippen LogP contribution is -2.48. The first-order valence-corrected chi connectivity index (χ1v) is 9.28. The van der Waals surface area contributed by atoms with Gasteiger partial charge in [0.25, 0.3) is 0 Å². The van der Waals surface area contributed by atoms with Crippen LogP contribution in [0.5, 0.6) is 0 Å². The highest BCUT2D eigenvalue weighted by Crippen LogP contribution is 2.28. The minimum Gasteiger partial charge on any atom is -0.353 e. The molecule has 3 heterocycles. The molecule has 0 radical (unpaired) electrons. The number of nitrogens with zero attached hydrogens (tertiary/aromatic N) is 4. The van der Waals surface area contributed by atoms with Crippen molar-refractivity contribution in [3.8, 4) is 0 Å². The molecule has 3 rings (SSSR count). The Bertz CT molecular complexity index is 722. The molecule has 1 saturated heterocycles. The van der Waals surface area contributed by atoms with E-state index in [0.29, 0.717) is 6.54 Å². The van der Waals surface area contributed by atoms with Gasteiger partial charge in [-0.2, -0.15) is 0 Å². The molecule has 1 aliphatic rings. The van der Waals surface area contributed by atoms with Crippen LogP contribution in [0.2, 0.25) is 0 Å². The molecule has 2 aromatic rings. The Labute approximate surface area is 127 Å². The lowest BCUT2D eigenvalue weighted by atomic mass is 10.3. The van der Waals surface area contributed by atoms with Crippen molar-refractivity contribution < 1.29 is 8.42 Å². The standard InChI is InChI=1S/C12H17N5O2S2/c13-21(18,19)8-6-16-2-4-17(5-3-16)12-11-10(1-7-20-11)14-9-15-12/h1,7,9H,2-6,8H2,(H2,13,18,19). The predicted molar refractivity (Wildman–Crippen MR) is 84.0 cm³/mol. The molecule has 0 unspecified atom stereocenters. The summed E-state index contributed by atoms with van der Waals surface area (Å²) >= 11 is 1.65. The maximum atomic E-state index is 11.0. The molecule has 9 heteroatoms. The summed E-state index contributed by atoms with van der Waals surface area (Å²) in [5, 5.41) is 7.06. The Morgan fingerprint density at radius 2 is 2.00 bits per heavy atom. The van der Waals surface area contributed by atoms with Gasteiger partial charge in [-0.15, -0.1) is 11.3 Å². The monoisotopic (exact) mass is 327 g/mol. The summed E-state index contributed by atoms with van der Waals surface area (Å²) in [5.41, 5.74) is 0.974. The van der Waals surface area contributed by atoms with Gasteiger partial charge in [-0.1, -0.05) is 0 Å². The molecule has 0 aromatic carbocycles. The first-order chi connectivity index (χ1) is 10.0. The predicted octanol–water partition coefficient (Wildman–Crippen LogP) is 0.102. The van der Waals surface area contributed by atoms with Gasteiger partial charge in [0, 0.05) is 32.7 Å². The lowest BCUT2D eigenvalue weighted by molar-refractivity contribution is 0.271. The van der Waals surface area contributed by atoms with Crippen LogP contribution in [-0.4, -0.2) is 61.8 Å². The molecule has 7 nitrogen and oxygen atoms in total. The van der Waals surface area contributed by atoms with E-state index in [9.17, 15) is 8.42 Å². The number of anilines is 1. The van der Waals surface area contributed by atoms with Crippen LogP contribution in [0.4, 0.5) is 5.82 Å². The highest BCUT2D eigenvalue weighted by Gasteiger charge is 2.21. The highest BCUT2D eigenvalue weighted by atomic mass is 32.2. The zero-order valence-electron chi connectivity index (χ0n) is 11.5. The highest BCUT2D eigenvalue weighted by molar-refractivity contribution is 7.89. The molecule has 0 aliphatic carbocycles. The van der Waals surface area contributed by atoms with Crippen molar-refractivity contribution in [2.75, 3.05) is 43.4 Å². The van der Waals surface area contributed by atoms with Crippen LogP contribution >= 0.6 is 11.3 Å². The van der Waals surface area contributed by atoms with E-state index >= 15 is 0 Å². The Morgan fingerprint density at radius 1 is 1.24 bits per heavy atom. The van der Waals surface area contributed by atoms with Crippen molar-refractivity contribution in [1.82, 2.24) is 14.9 Å². The molecule has 0 saturated carbocycles. The van der Waals surface area contributed by atoms with E-state index in [2.05, 4.69) is 19.8 Å². The molecule has 21 heavy (non-hydrogen) atoms. The third-order valence-electron chi connectivity index (χ3n) is 3.59. The van der Waals surface area contributed by atoms with E-state index in [1.165, 1.54) is 0 Å². The summed E-state index contributed by atoms with van der Waals surface area (Å²) in [4.78, 5) is 13.0. The van der Waals surface area contributed by atoms with Crippen molar-refractivity contribution in [2.45, 2.75) is 0 Å². The van der Waals surface area contributed by atoms with Crippen LogP contribution in [0.3, 0.4) is 0 Å². The number of thiophene rings is 1. The molecule has 1 aliphatic heterocycles. The number of hydrogen-bond donors (Lipinski definition) is 1. The van der Waals surface area contributed by atoms with Gasteiger partial charge in [0.15, 0.2) is 0 Å². The second-order valence-electron chi connectivity index (χ2n) is 5.03. The molecule has 0 bridgehead atoms. The number of aromatic nitrogens is 2. The lowest BCUT2D eigenvalue weighted by Gasteiger charge is -2.35. The Morgan fingerprint density at radius 3 is 2.71 bits per heavy atom. The molecule has 0 amide bonds. The minimum absolute atomic E-state index is 0.00960. The third kappa shape index (κ3) is 3.49. The summed E-state index contributed by atoms with van der Waals surface area (Å²) in [6.45, 7) is 3.77. The molecule has 0 atom stereocenters. The van der Waals surface area contributed by atoms with Crippen LogP contribution in [0.25, 0.3) is 10.2 Å². The van der Waals surface area contributed by atoms with Crippen LogP contribution < -0.4 is 10.0 Å². The van der Waals surface area contributed by atoms with Crippen LogP contribution in [0.1, 0.15) is 0 Å². The number of sulfonamides is 1. The molecule has 2 N–H and O–H groups in total. The normalized spacial score (nSPS) is 17.5. The van der Waals surface area contributed by atoms with Crippen LogP contribution in [0.15, 0.2) is 17.8 Å². The summed E-state index contributed by atoms with van der Waals surface area (Å²) in [7, 11) is -3.38. The third-order valence-corrected chi connectivity index (χ3v) is 5.24. The quantitative estimate of drug-likeness (QED) is 0.856. The van der Waals surface area contributed by atoms with Crippen molar-refractivity contribution in [3.63, 3.8) is 0 Å². The number of fused-ring (bicyclic) bond motifs is 1. The minimum atomic E-state index is -3.38. The number of primary sulfonamides is 1. The van der Waals surface area contributed by atoms with Gasteiger partial charge in [-0.05, 0) is 11.4 Å². The van der Waals surface area contributed by atoms with Gasteiger partial charge in [0.1, 0.15) is 12.1 Å². The smallest absolute Gasteiger partial charge is 0.210 e.